The summed E-state index contributed by atoms with van der Waals surface area (Å²) in [5, 5.41) is 9.73. The lowest BCUT2D eigenvalue weighted by Gasteiger charge is -2.23. The number of hydrazine groups is 1. The number of amides is 2. The van der Waals surface area contributed by atoms with Crippen LogP contribution in [0.3, 0.4) is 0 Å². The second-order valence-electron chi connectivity index (χ2n) is 4.86. The fourth-order valence-electron chi connectivity index (χ4n) is 1.39. The van der Waals surface area contributed by atoms with Crippen LogP contribution in [-0.2, 0) is 14.3 Å². The summed E-state index contributed by atoms with van der Waals surface area (Å²) in [6, 6.07) is 0. The van der Waals surface area contributed by atoms with Crippen molar-refractivity contribution in [2.75, 3.05) is 6.54 Å². The molecule has 1 fully saturated rings. The van der Waals surface area contributed by atoms with Gasteiger partial charge in [-0.25, -0.2) is 10.2 Å². The molecule has 96 valence electrons. The number of rotatable bonds is 2. The minimum absolute atomic E-state index is 0.0343. The summed E-state index contributed by atoms with van der Waals surface area (Å²) in [6.07, 6.45) is -0.873. The molecule has 1 aliphatic heterocycles. The zero-order valence-corrected chi connectivity index (χ0v) is 10.0. The van der Waals surface area contributed by atoms with Crippen LogP contribution >= 0.6 is 0 Å². The highest BCUT2D eigenvalue weighted by Gasteiger charge is 2.35. The van der Waals surface area contributed by atoms with Crippen molar-refractivity contribution in [1.29, 1.82) is 0 Å². The van der Waals surface area contributed by atoms with Gasteiger partial charge in [-0.1, -0.05) is 0 Å². The number of carbonyl (C=O) groups is 3. The van der Waals surface area contributed by atoms with Crippen molar-refractivity contribution in [1.82, 2.24) is 10.4 Å². The molecule has 1 saturated heterocycles. The van der Waals surface area contributed by atoms with Gasteiger partial charge in [-0.15, -0.1) is 0 Å². The molecule has 1 rings (SSSR count). The number of ether oxygens (including phenoxy) is 1. The number of carboxylic acid groups (broad SMARTS) is 1. The SMILES string of the molecule is CC(C)(C)OC(=O)NN1CC(C(=O)O)CC1=O. The van der Waals surface area contributed by atoms with E-state index in [0.717, 1.165) is 5.01 Å². The topological polar surface area (TPSA) is 95.9 Å². The van der Waals surface area contributed by atoms with Gasteiger partial charge in [0.25, 0.3) is 0 Å². The Kier molecular flexibility index (Phi) is 3.59. The number of aliphatic carboxylic acids is 1. The molecule has 17 heavy (non-hydrogen) atoms. The molecule has 1 atom stereocenters. The fraction of sp³-hybridized carbons (Fsp3) is 0.700. The molecule has 0 bridgehead atoms. The number of carbonyl (C=O) groups excluding carboxylic acids is 2. The summed E-state index contributed by atoms with van der Waals surface area (Å²) >= 11 is 0. The van der Waals surface area contributed by atoms with Gasteiger partial charge in [0.1, 0.15) is 5.60 Å². The molecule has 1 unspecified atom stereocenters. The predicted octanol–water partition coefficient (Wildman–Crippen LogP) is 0.359. The summed E-state index contributed by atoms with van der Waals surface area (Å²) in [6.45, 7) is 5.04. The second-order valence-corrected chi connectivity index (χ2v) is 4.86. The van der Waals surface area contributed by atoms with Crippen molar-refractivity contribution in [2.24, 2.45) is 5.92 Å². The molecule has 0 aliphatic carbocycles. The maximum absolute atomic E-state index is 11.4. The van der Waals surface area contributed by atoms with Crippen molar-refractivity contribution in [3.05, 3.63) is 0 Å². The van der Waals surface area contributed by atoms with Gasteiger partial charge in [0, 0.05) is 6.42 Å². The quantitative estimate of drug-likeness (QED) is 0.731. The van der Waals surface area contributed by atoms with Crippen LogP contribution in [0.15, 0.2) is 0 Å². The first-order chi connectivity index (χ1) is 7.69. The minimum Gasteiger partial charge on any atom is -0.481 e. The Bertz CT molecular complexity index is 347. The van der Waals surface area contributed by atoms with E-state index in [9.17, 15) is 14.4 Å². The fourth-order valence-corrected chi connectivity index (χ4v) is 1.39. The summed E-state index contributed by atoms with van der Waals surface area (Å²) < 4.78 is 4.95. The largest absolute Gasteiger partial charge is 0.481 e. The lowest BCUT2D eigenvalue weighted by molar-refractivity contribution is -0.141. The van der Waals surface area contributed by atoms with Crippen molar-refractivity contribution in [2.45, 2.75) is 32.8 Å². The van der Waals surface area contributed by atoms with Gasteiger partial charge < -0.3 is 9.84 Å². The van der Waals surface area contributed by atoms with Crippen molar-refractivity contribution in [3.63, 3.8) is 0 Å². The zero-order chi connectivity index (χ0) is 13.2. The van der Waals surface area contributed by atoms with Gasteiger partial charge in [-0.2, -0.15) is 0 Å². The average Bonchev–Trinajstić information content (AvgIpc) is 2.44. The highest BCUT2D eigenvalue weighted by molar-refractivity contribution is 5.87. The van der Waals surface area contributed by atoms with Gasteiger partial charge >= 0.3 is 12.1 Å². The third kappa shape index (κ3) is 3.93. The third-order valence-corrected chi connectivity index (χ3v) is 2.10. The van der Waals surface area contributed by atoms with E-state index < -0.39 is 29.5 Å². The van der Waals surface area contributed by atoms with Gasteiger partial charge in [0.15, 0.2) is 0 Å². The molecule has 0 radical (unpaired) electrons. The van der Waals surface area contributed by atoms with Crippen molar-refractivity contribution >= 4 is 18.0 Å². The molecule has 1 heterocycles. The minimum atomic E-state index is -1.05. The first-order valence-electron chi connectivity index (χ1n) is 5.22. The van der Waals surface area contributed by atoms with Crippen LogP contribution in [0.4, 0.5) is 4.79 Å². The van der Waals surface area contributed by atoms with E-state index in [2.05, 4.69) is 5.43 Å². The zero-order valence-electron chi connectivity index (χ0n) is 10.0. The summed E-state index contributed by atoms with van der Waals surface area (Å²) in [7, 11) is 0. The van der Waals surface area contributed by atoms with Crippen LogP contribution in [0.2, 0.25) is 0 Å². The molecule has 7 nitrogen and oxygen atoms in total. The predicted molar refractivity (Wildman–Crippen MR) is 56.8 cm³/mol. The monoisotopic (exact) mass is 244 g/mol. The maximum Gasteiger partial charge on any atom is 0.426 e. The summed E-state index contributed by atoms with van der Waals surface area (Å²) in [4.78, 5) is 33.4. The molecular weight excluding hydrogens is 228 g/mol. The Labute approximate surface area is 98.7 Å². The summed E-state index contributed by atoms with van der Waals surface area (Å²) in [5.74, 6) is -2.26. The number of nitrogens with zero attached hydrogens (tertiary/aromatic N) is 1. The van der Waals surface area contributed by atoms with Crippen LogP contribution < -0.4 is 5.43 Å². The Hall–Kier alpha value is -1.79. The lowest BCUT2D eigenvalue weighted by atomic mass is 10.1. The molecule has 0 saturated carbocycles. The summed E-state index contributed by atoms with van der Waals surface area (Å²) in [5.41, 5.74) is 1.56. The first-order valence-corrected chi connectivity index (χ1v) is 5.22. The Balaban J connectivity index is 2.50. The highest BCUT2D eigenvalue weighted by Crippen LogP contribution is 2.16. The van der Waals surface area contributed by atoms with Crippen LogP contribution in [0.1, 0.15) is 27.2 Å². The third-order valence-electron chi connectivity index (χ3n) is 2.10. The van der Waals surface area contributed by atoms with E-state index in [1.165, 1.54) is 0 Å². The molecule has 0 spiro atoms. The van der Waals surface area contributed by atoms with E-state index in [1.807, 2.05) is 0 Å². The van der Waals surface area contributed by atoms with E-state index in [1.54, 1.807) is 20.8 Å². The Morgan fingerprint density at radius 1 is 1.47 bits per heavy atom. The Morgan fingerprint density at radius 3 is 2.47 bits per heavy atom. The van der Waals surface area contributed by atoms with Gasteiger partial charge in [0.2, 0.25) is 5.91 Å². The second kappa shape index (κ2) is 4.60. The van der Waals surface area contributed by atoms with E-state index in [4.69, 9.17) is 9.84 Å². The molecule has 2 amide bonds. The van der Waals surface area contributed by atoms with Crippen molar-refractivity contribution < 1.29 is 24.2 Å². The van der Waals surface area contributed by atoms with E-state index >= 15 is 0 Å². The number of carboxylic acids is 1. The van der Waals surface area contributed by atoms with Crippen molar-refractivity contribution in [3.8, 4) is 0 Å². The molecule has 0 aromatic rings. The standard InChI is InChI=1S/C10H16N2O5/c1-10(2,3)17-9(16)11-12-5-6(8(14)15)4-7(12)13/h6H,4-5H2,1-3H3,(H,11,16)(H,14,15). The molecule has 7 heteroatoms. The number of hydrogen-bond donors (Lipinski definition) is 2. The average molecular weight is 244 g/mol. The van der Waals surface area contributed by atoms with Gasteiger partial charge in [0.05, 0.1) is 12.5 Å². The lowest BCUT2D eigenvalue weighted by Crippen LogP contribution is -2.45. The molecule has 1 aliphatic rings. The molecule has 0 aromatic heterocycles. The van der Waals surface area contributed by atoms with Crippen LogP contribution in [0, 0.1) is 5.92 Å². The smallest absolute Gasteiger partial charge is 0.426 e. The van der Waals surface area contributed by atoms with Gasteiger partial charge in [-0.3, -0.25) is 14.6 Å². The first kappa shape index (κ1) is 13.3. The highest BCUT2D eigenvalue weighted by atomic mass is 16.6. The van der Waals surface area contributed by atoms with Crippen LogP contribution in [0.25, 0.3) is 0 Å². The number of hydrogen-bond acceptors (Lipinski definition) is 4. The van der Waals surface area contributed by atoms with Crippen LogP contribution in [-0.4, -0.2) is 40.2 Å². The van der Waals surface area contributed by atoms with Gasteiger partial charge in [-0.05, 0) is 20.8 Å². The van der Waals surface area contributed by atoms with E-state index in [-0.39, 0.29) is 13.0 Å². The van der Waals surface area contributed by atoms with Crippen LogP contribution in [0.5, 0.6) is 0 Å². The van der Waals surface area contributed by atoms with E-state index in [0.29, 0.717) is 0 Å². The Morgan fingerprint density at radius 2 is 2.06 bits per heavy atom. The number of nitrogens with one attached hydrogen (secondary N) is 1. The molecule has 2 N–H and O–H groups in total. The normalized spacial score (nSPS) is 20.3. The molecular formula is C10H16N2O5. The maximum atomic E-state index is 11.4. The molecule has 0 aromatic carbocycles.